The Morgan fingerprint density at radius 3 is 2.39 bits per heavy atom. The first-order chi connectivity index (χ1) is 17.3. The number of nitrogens with one attached hydrogen (secondary N) is 3. The van der Waals surface area contributed by atoms with Crippen molar-refractivity contribution >= 4 is 29.1 Å². The summed E-state index contributed by atoms with van der Waals surface area (Å²) in [7, 11) is 3.67. The highest BCUT2D eigenvalue weighted by atomic mass is 35.5. The van der Waals surface area contributed by atoms with Gasteiger partial charge in [-0.05, 0) is 49.2 Å². The molecular formula is C27H43Cl2N5O2. The van der Waals surface area contributed by atoms with E-state index in [2.05, 4.69) is 16.2 Å². The first kappa shape index (κ1) is 32.0. The SMILES string of the molecule is CC.CC.CC1=C(Cl)C(CN(C)C(=O)c2ccc(CCNCC(O)C3=CC=C(Cl)N(C)C3)cc2)NN1. The van der Waals surface area contributed by atoms with Crippen molar-refractivity contribution in [2.75, 3.05) is 40.3 Å². The quantitative estimate of drug-likeness (QED) is 0.278. The lowest BCUT2D eigenvalue weighted by Gasteiger charge is -2.26. The average Bonchev–Trinajstić information content (AvgIpc) is 3.22. The molecule has 1 aromatic carbocycles. The van der Waals surface area contributed by atoms with Crippen molar-refractivity contribution in [3.63, 3.8) is 0 Å². The number of hydrogen-bond acceptors (Lipinski definition) is 6. The van der Waals surface area contributed by atoms with Crippen molar-refractivity contribution in [3.05, 3.63) is 69.0 Å². The summed E-state index contributed by atoms with van der Waals surface area (Å²) in [6.07, 6.45) is 3.94. The van der Waals surface area contributed by atoms with Crippen LogP contribution in [0.2, 0.25) is 0 Å². The Morgan fingerprint density at radius 2 is 1.83 bits per heavy atom. The molecular weight excluding hydrogens is 497 g/mol. The van der Waals surface area contributed by atoms with E-state index in [0.29, 0.717) is 35.4 Å². The Labute approximate surface area is 227 Å². The zero-order chi connectivity index (χ0) is 27.3. The fraction of sp³-hybridized carbons (Fsp3) is 0.519. The molecule has 2 aliphatic rings. The number of amides is 1. The number of aliphatic hydroxyl groups is 1. The standard InChI is InChI=1S/C23H31Cl2N5O2.2C2H6/c1-15-22(25)19(28-27-15)14-30(3)23(32)17-6-4-16(5-7-17)10-11-26-12-20(31)18-8-9-21(24)29(2)13-18;2*1-2/h4-9,19-20,26-28,31H,10-14H2,1-3H3;2*1-2H3. The van der Waals surface area contributed by atoms with Crippen molar-refractivity contribution in [3.8, 4) is 0 Å². The summed E-state index contributed by atoms with van der Waals surface area (Å²) < 4.78 is 0. The molecule has 2 aliphatic heterocycles. The third kappa shape index (κ3) is 9.45. The van der Waals surface area contributed by atoms with Gasteiger partial charge in [-0.15, -0.1) is 0 Å². The molecule has 202 valence electrons. The molecule has 2 unspecified atom stereocenters. The van der Waals surface area contributed by atoms with Gasteiger partial charge in [-0.2, -0.15) is 0 Å². The maximum atomic E-state index is 12.7. The highest BCUT2D eigenvalue weighted by molar-refractivity contribution is 6.30. The zero-order valence-corrected chi connectivity index (χ0v) is 24.2. The molecule has 3 rings (SSSR count). The smallest absolute Gasteiger partial charge is 0.253 e. The van der Waals surface area contributed by atoms with Gasteiger partial charge >= 0.3 is 0 Å². The lowest BCUT2D eigenvalue weighted by atomic mass is 10.1. The molecule has 0 radical (unpaired) electrons. The minimum absolute atomic E-state index is 0.0477. The summed E-state index contributed by atoms with van der Waals surface area (Å²) in [5.41, 5.74) is 9.65. The van der Waals surface area contributed by atoms with E-state index in [4.69, 9.17) is 23.2 Å². The van der Waals surface area contributed by atoms with Crippen molar-refractivity contribution in [1.82, 2.24) is 26.0 Å². The number of halogens is 2. The van der Waals surface area contributed by atoms with Gasteiger partial charge in [0.2, 0.25) is 0 Å². The number of likely N-dealkylation sites (N-methyl/N-ethyl adjacent to an activating group) is 2. The number of benzene rings is 1. The van der Waals surface area contributed by atoms with E-state index in [1.54, 1.807) is 18.0 Å². The fourth-order valence-electron chi connectivity index (χ4n) is 3.62. The summed E-state index contributed by atoms with van der Waals surface area (Å²) in [5.74, 6) is -0.0477. The predicted molar refractivity (Wildman–Crippen MR) is 152 cm³/mol. The predicted octanol–water partition coefficient (Wildman–Crippen LogP) is 4.20. The van der Waals surface area contributed by atoms with Gasteiger partial charge in [-0.1, -0.05) is 69.1 Å². The van der Waals surface area contributed by atoms with Gasteiger partial charge in [-0.3, -0.25) is 4.79 Å². The second-order valence-corrected chi connectivity index (χ2v) is 9.03. The van der Waals surface area contributed by atoms with Gasteiger partial charge < -0.3 is 25.6 Å². The minimum Gasteiger partial charge on any atom is -0.387 e. The van der Waals surface area contributed by atoms with Crippen LogP contribution in [0.25, 0.3) is 0 Å². The van der Waals surface area contributed by atoms with Crippen LogP contribution in [0.15, 0.2) is 57.9 Å². The van der Waals surface area contributed by atoms with Crippen LogP contribution in [-0.2, 0) is 6.42 Å². The van der Waals surface area contributed by atoms with Crippen LogP contribution in [0.1, 0.15) is 50.5 Å². The van der Waals surface area contributed by atoms with Gasteiger partial charge in [0.1, 0.15) is 5.16 Å². The number of hydrazine groups is 1. The van der Waals surface area contributed by atoms with E-state index in [-0.39, 0.29) is 11.9 Å². The highest BCUT2D eigenvalue weighted by Crippen LogP contribution is 2.19. The molecule has 0 saturated carbocycles. The van der Waals surface area contributed by atoms with Crippen LogP contribution in [0.3, 0.4) is 0 Å². The molecule has 0 aromatic heterocycles. The van der Waals surface area contributed by atoms with Gasteiger partial charge in [0.15, 0.2) is 0 Å². The van der Waals surface area contributed by atoms with Crippen LogP contribution in [0, 0.1) is 0 Å². The Morgan fingerprint density at radius 1 is 1.19 bits per heavy atom. The Kier molecular flexibility index (Phi) is 14.8. The number of aliphatic hydroxyl groups excluding tert-OH is 1. The summed E-state index contributed by atoms with van der Waals surface area (Å²) >= 11 is 12.3. The second kappa shape index (κ2) is 16.7. The van der Waals surface area contributed by atoms with Gasteiger partial charge in [0, 0.05) is 45.0 Å². The monoisotopic (exact) mass is 539 g/mol. The number of nitrogens with zero attached hydrogens (tertiary/aromatic N) is 2. The summed E-state index contributed by atoms with van der Waals surface area (Å²) in [5, 5.41) is 15.0. The Hall–Kier alpha value is -2.03. The number of allylic oxidation sites excluding steroid dienone is 3. The molecule has 36 heavy (non-hydrogen) atoms. The largest absolute Gasteiger partial charge is 0.387 e. The molecule has 4 N–H and O–H groups in total. The minimum atomic E-state index is -0.550. The lowest BCUT2D eigenvalue weighted by Crippen LogP contribution is -2.42. The Bertz CT molecular complexity index is 915. The van der Waals surface area contributed by atoms with Crippen LogP contribution < -0.4 is 16.2 Å². The van der Waals surface area contributed by atoms with E-state index < -0.39 is 6.10 Å². The first-order valence-corrected chi connectivity index (χ1v) is 13.4. The maximum Gasteiger partial charge on any atom is 0.253 e. The number of hydrogen-bond donors (Lipinski definition) is 4. The third-order valence-electron chi connectivity index (χ3n) is 5.68. The molecule has 0 saturated heterocycles. The van der Waals surface area contributed by atoms with Crippen molar-refractivity contribution in [2.24, 2.45) is 0 Å². The third-order valence-corrected chi connectivity index (χ3v) is 6.64. The number of carbonyl (C=O) groups is 1. The highest BCUT2D eigenvalue weighted by Gasteiger charge is 2.24. The van der Waals surface area contributed by atoms with E-state index in [1.807, 2.05) is 76.9 Å². The van der Waals surface area contributed by atoms with Crippen molar-refractivity contribution in [2.45, 2.75) is 53.2 Å². The molecule has 9 heteroatoms. The van der Waals surface area contributed by atoms with Gasteiger partial charge in [0.05, 0.1) is 17.2 Å². The summed E-state index contributed by atoms with van der Waals surface area (Å²) in [6, 6.07) is 7.54. The molecule has 1 amide bonds. The number of carbonyl (C=O) groups excluding carboxylic acids is 1. The fourth-order valence-corrected chi connectivity index (χ4v) is 3.91. The van der Waals surface area contributed by atoms with Gasteiger partial charge in [-0.25, -0.2) is 5.43 Å². The summed E-state index contributed by atoms with van der Waals surface area (Å²) in [4.78, 5) is 16.3. The van der Waals surface area contributed by atoms with Crippen LogP contribution in [-0.4, -0.2) is 73.2 Å². The molecule has 2 heterocycles. The van der Waals surface area contributed by atoms with E-state index in [9.17, 15) is 9.90 Å². The number of rotatable bonds is 9. The van der Waals surface area contributed by atoms with E-state index in [1.165, 1.54) is 0 Å². The Balaban J connectivity index is 0.00000154. The van der Waals surface area contributed by atoms with Crippen LogP contribution >= 0.6 is 23.2 Å². The first-order valence-electron chi connectivity index (χ1n) is 12.6. The van der Waals surface area contributed by atoms with E-state index >= 15 is 0 Å². The van der Waals surface area contributed by atoms with Gasteiger partial charge in [0.25, 0.3) is 5.91 Å². The molecule has 0 spiro atoms. The molecule has 0 fully saturated rings. The van der Waals surface area contributed by atoms with Crippen LogP contribution in [0.4, 0.5) is 0 Å². The normalized spacial score (nSPS) is 17.6. The molecule has 0 bridgehead atoms. The summed E-state index contributed by atoms with van der Waals surface area (Å²) in [6.45, 7) is 12.2. The van der Waals surface area contributed by atoms with Crippen LogP contribution in [0.5, 0.6) is 0 Å². The lowest BCUT2D eigenvalue weighted by molar-refractivity contribution is 0.0787. The molecule has 1 aromatic rings. The topological polar surface area (TPSA) is 79.9 Å². The maximum absolute atomic E-state index is 12.7. The van der Waals surface area contributed by atoms with Crippen molar-refractivity contribution < 1.29 is 9.90 Å². The van der Waals surface area contributed by atoms with Crippen molar-refractivity contribution in [1.29, 1.82) is 0 Å². The molecule has 0 aliphatic carbocycles. The average molecular weight is 541 g/mol. The zero-order valence-electron chi connectivity index (χ0n) is 22.7. The molecule has 2 atom stereocenters. The molecule has 7 nitrogen and oxygen atoms in total. The second-order valence-electron chi connectivity index (χ2n) is 8.23. The van der Waals surface area contributed by atoms with E-state index in [0.717, 1.165) is 29.8 Å².